The Labute approximate surface area is 143 Å². The number of benzene rings is 2. The molecule has 0 fully saturated rings. The molecule has 0 aliphatic carbocycles. The Morgan fingerprint density at radius 1 is 1.00 bits per heavy atom. The molecule has 0 unspecified atom stereocenters. The molecule has 0 N–H and O–H groups in total. The first kappa shape index (κ1) is 18.1. The second-order valence-corrected chi connectivity index (χ2v) is 5.68. The van der Waals surface area contributed by atoms with Gasteiger partial charge in [-0.1, -0.05) is 45.0 Å². The minimum atomic E-state index is 0.0981. The topological polar surface area (TPSA) is 58.2 Å². The molecule has 24 heavy (non-hydrogen) atoms. The summed E-state index contributed by atoms with van der Waals surface area (Å²) in [4.78, 5) is 16.7. The molecule has 0 saturated heterocycles. The summed E-state index contributed by atoms with van der Waals surface area (Å²) in [7, 11) is 0. The van der Waals surface area contributed by atoms with Crippen LogP contribution in [0.3, 0.4) is 0 Å². The first-order chi connectivity index (χ1) is 11.7. The highest BCUT2D eigenvalue weighted by Crippen LogP contribution is 2.34. The second-order valence-electron chi connectivity index (χ2n) is 5.68. The summed E-state index contributed by atoms with van der Waals surface area (Å²) in [5.74, 6) is 0.0981. The average Bonchev–Trinajstić information content (AvgIpc) is 2.64. The van der Waals surface area contributed by atoms with E-state index < -0.39 is 0 Å². The van der Waals surface area contributed by atoms with Crippen molar-refractivity contribution in [2.45, 2.75) is 27.2 Å². The van der Waals surface area contributed by atoms with E-state index in [0.29, 0.717) is 18.7 Å². The van der Waals surface area contributed by atoms with E-state index in [1.54, 1.807) is 6.07 Å². The minimum Gasteiger partial charge on any atom is -0.706 e. The molecule has 0 atom stereocenters. The number of anilines is 1. The van der Waals surface area contributed by atoms with E-state index in [4.69, 9.17) is 0 Å². The number of fused-ring (bicyclic) bond motifs is 1. The average molecular weight is 325 g/mol. The second kappa shape index (κ2) is 8.55. The van der Waals surface area contributed by atoms with E-state index >= 15 is 0 Å². The van der Waals surface area contributed by atoms with Crippen LogP contribution in [-0.2, 0) is 4.79 Å². The van der Waals surface area contributed by atoms with Crippen LogP contribution in [0.4, 0.5) is 11.4 Å². The molecular formula is C19H25N4O-. The van der Waals surface area contributed by atoms with E-state index in [1.807, 2.05) is 42.2 Å². The van der Waals surface area contributed by atoms with Crippen molar-refractivity contribution in [2.75, 3.05) is 31.1 Å². The molecule has 0 heterocycles. The van der Waals surface area contributed by atoms with Gasteiger partial charge in [0.2, 0.25) is 5.91 Å². The van der Waals surface area contributed by atoms with Crippen molar-refractivity contribution in [3.8, 4) is 0 Å². The number of carbonyl (C=O) groups excluding carboxylic acids is 1. The predicted molar refractivity (Wildman–Crippen MR) is 99.8 cm³/mol. The van der Waals surface area contributed by atoms with E-state index in [-0.39, 0.29) is 5.91 Å². The van der Waals surface area contributed by atoms with Gasteiger partial charge in [-0.25, -0.2) is 0 Å². The van der Waals surface area contributed by atoms with Crippen LogP contribution in [0.1, 0.15) is 27.2 Å². The number of hydrogen-bond donors (Lipinski definition) is 0. The maximum atomic E-state index is 12.5. The van der Waals surface area contributed by atoms with Crippen molar-refractivity contribution >= 4 is 28.1 Å². The SMILES string of the molecule is CCC(=O)N(CCN(CC)CC)c1ccc(N=[N-])c2ccccc12. The highest BCUT2D eigenvalue weighted by Gasteiger charge is 2.18. The molecule has 0 spiro atoms. The maximum Gasteiger partial charge on any atom is 0.226 e. The Morgan fingerprint density at radius 2 is 1.67 bits per heavy atom. The van der Waals surface area contributed by atoms with Crippen LogP contribution in [-0.4, -0.2) is 37.0 Å². The summed E-state index contributed by atoms with van der Waals surface area (Å²) in [6, 6.07) is 11.3. The monoisotopic (exact) mass is 325 g/mol. The fourth-order valence-corrected chi connectivity index (χ4v) is 2.94. The van der Waals surface area contributed by atoms with Gasteiger partial charge in [-0.15, -0.1) is 0 Å². The van der Waals surface area contributed by atoms with Crippen LogP contribution in [0.2, 0.25) is 0 Å². The van der Waals surface area contributed by atoms with E-state index in [1.165, 1.54) is 0 Å². The first-order valence-electron chi connectivity index (χ1n) is 8.55. The number of carbonyl (C=O) groups is 1. The van der Waals surface area contributed by atoms with Crippen molar-refractivity contribution < 1.29 is 4.79 Å². The van der Waals surface area contributed by atoms with Crippen LogP contribution in [0.5, 0.6) is 0 Å². The zero-order valence-corrected chi connectivity index (χ0v) is 14.7. The number of amides is 1. The molecule has 128 valence electrons. The lowest BCUT2D eigenvalue weighted by Crippen LogP contribution is -2.38. The highest BCUT2D eigenvalue weighted by atomic mass is 16.2. The van der Waals surface area contributed by atoms with Crippen molar-refractivity contribution in [3.05, 3.63) is 41.9 Å². The van der Waals surface area contributed by atoms with Gasteiger partial charge >= 0.3 is 0 Å². The lowest BCUT2D eigenvalue weighted by atomic mass is 10.1. The maximum absolute atomic E-state index is 12.5. The van der Waals surface area contributed by atoms with Gasteiger partial charge in [0, 0.05) is 36.0 Å². The van der Waals surface area contributed by atoms with Crippen LogP contribution in [0, 0.1) is 0 Å². The first-order valence-corrected chi connectivity index (χ1v) is 8.55. The van der Waals surface area contributed by atoms with Gasteiger partial charge < -0.3 is 20.4 Å². The number of rotatable bonds is 8. The van der Waals surface area contributed by atoms with Crippen LogP contribution >= 0.6 is 0 Å². The molecule has 0 aliphatic rings. The minimum absolute atomic E-state index is 0.0981. The Balaban J connectivity index is 2.45. The van der Waals surface area contributed by atoms with Crippen LogP contribution in [0.25, 0.3) is 16.3 Å². The summed E-state index contributed by atoms with van der Waals surface area (Å²) in [6.07, 6.45) is 0.457. The Bertz CT molecular complexity index is 710. The number of likely N-dealkylation sites (N-methyl/N-ethyl adjacent to an activating group) is 1. The zero-order valence-electron chi connectivity index (χ0n) is 14.7. The largest absolute Gasteiger partial charge is 0.706 e. The zero-order chi connectivity index (χ0) is 17.5. The Morgan fingerprint density at radius 3 is 2.25 bits per heavy atom. The molecule has 2 aromatic rings. The summed E-state index contributed by atoms with van der Waals surface area (Å²) >= 11 is 0. The van der Waals surface area contributed by atoms with Crippen molar-refractivity contribution in [1.82, 2.24) is 4.90 Å². The fraction of sp³-hybridized carbons (Fsp3) is 0.421. The number of hydrogen-bond acceptors (Lipinski definition) is 3. The third-order valence-electron chi connectivity index (χ3n) is 4.41. The standard InChI is InChI=1S/C19H25N4O/c1-4-19(24)23(14-13-22(5-2)6-3)18-12-11-17(21-20)15-9-7-8-10-16(15)18/h7-12H,4-6,13-14H2,1-3H3/q-1. The van der Waals surface area contributed by atoms with Gasteiger partial charge in [0.25, 0.3) is 0 Å². The molecule has 2 rings (SSSR count). The molecule has 2 aromatic carbocycles. The van der Waals surface area contributed by atoms with Gasteiger partial charge in [0.15, 0.2) is 0 Å². The third-order valence-corrected chi connectivity index (χ3v) is 4.41. The van der Waals surface area contributed by atoms with Crippen molar-refractivity contribution in [3.63, 3.8) is 0 Å². The molecule has 1 amide bonds. The normalized spacial score (nSPS) is 11.0. The lowest BCUT2D eigenvalue weighted by Gasteiger charge is -2.27. The highest BCUT2D eigenvalue weighted by molar-refractivity contribution is 6.07. The van der Waals surface area contributed by atoms with Gasteiger partial charge in [-0.3, -0.25) is 4.79 Å². The van der Waals surface area contributed by atoms with Gasteiger partial charge in [0.1, 0.15) is 0 Å². The van der Waals surface area contributed by atoms with Gasteiger partial charge in [-0.2, -0.15) is 0 Å². The van der Waals surface area contributed by atoms with Crippen LogP contribution < -0.4 is 4.90 Å². The van der Waals surface area contributed by atoms with Crippen molar-refractivity contribution in [1.29, 1.82) is 0 Å². The Kier molecular flexibility index (Phi) is 6.44. The summed E-state index contributed by atoms with van der Waals surface area (Å²) in [5.41, 5.74) is 10.6. The smallest absolute Gasteiger partial charge is 0.226 e. The number of nitrogens with zero attached hydrogens (tertiary/aromatic N) is 4. The van der Waals surface area contributed by atoms with Gasteiger partial charge in [-0.05, 0) is 25.2 Å². The summed E-state index contributed by atoms with van der Waals surface area (Å²) in [6.45, 7) is 9.55. The quantitative estimate of drug-likeness (QED) is 0.667. The fourth-order valence-electron chi connectivity index (χ4n) is 2.94. The van der Waals surface area contributed by atoms with Crippen LogP contribution in [0.15, 0.2) is 41.5 Å². The third kappa shape index (κ3) is 3.79. The molecule has 5 nitrogen and oxygen atoms in total. The molecule has 5 heteroatoms. The molecule has 0 saturated carbocycles. The Hall–Kier alpha value is -2.27. The van der Waals surface area contributed by atoms with E-state index in [2.05, 4.69) is 23.9 Å². The van der Waals surface area contributed by atoms with E-state index in [0.717, 1.165) is 36.1 Å². The molecule has 0 aliphatic heterocycles. The summed E-state index contributed by atoms with van der Waals surface area (Å²) < 4.78 is 0. The van der Waals surface area contributed by atoms with E-state index in [9.17, 15) is 10.3 Å². The predicted octanol–water partition coefficient (Wildman–Crippen LogP) is 4.58. The summed E-state index contributed by atoms with van der Waals surface area (Å²) in [5, 5.41) is 5.12. The molecular weight excluding hydrogens is 300 g/mol. The molecule has 0 radical (unpaired) electrons. The van der Waals surface area contributed by atoms with Gasteiger partial charge in [0.05, 0.1) is 5.69 Å². The van der Waals surface area contributed by atoms with Crippen molar-refractivity contribution in [2.24, 2.45) is 5.11 Å². The molecule has 0 aromatic heterocycles. The lowest BCUT2D eigenvalue weighted by molar-refractivity contribution is -0.118. The molecule has 0 bridgehead atoms.